The molecule has 0 N–H and O–H groups in total. The Kier molecular flexibility index (Phi) is 6.10. The molecule has 0 aliphatic heterocycles. The van der Waals surface area contributed by atoms with E-state index in [1.54, 1.807) is 6.92 Å². The molecule has 1 atom stereocenters. The number of hydrogen-bond acceptors (Lipinski definition) is 3. The van der Waals surface area contributed by atoms with Crippen molar-refractivity contribution in [2.75, 3.05) is 6.61 Å². The van der Waals surface area contributed by atoms with Crippen molar-refractivity contribution < 1.29 is 18.7 Å². The Morgan fingerprint density at radius 2 is 2.00 bits per heavy atom. The molecule has 0 amide bonds. The molecule has 0 fully saturated rings. The van der Waals surface area contributed by atoms with E-state index in [4.69, 9.17) is 0 Å². The van der Waals surface area contributed by atoms with Gasteiger partial charge in [0.2, 0.25) is 0 Å². The second kappa shape index (κ2) is 6.57. The van der Waals surface area contributed by atoms with Crippen molar-refractivity contribution in [3.05, 3.63) is 0 Å². The average Bonchev–Trinajstić information content (AvgIpc) is 2.13. The zero-order valence-electron chi connectivity index (χ0n) is 8.01. The van der Waals surface area contributed by atoms with Crippen LogP contribution < -0.4 is 0 Å². The van der Waals surface area contributed by atoms with E-state index in [1.165, 1.54) is 0 Å². The van der Waals surface area contributed by atoms with Gasteiger partial charge in [-0.3, -0.25) is 9.59 Å². The molecule has 0 saturated carbocycles. The molecule has 0 aliphatic carbocycles. The fourth-order valence-electron chi connectivity index (χ4n) is 0.748. The van der Waals surface area contributed by atoms with Gasteiger partial charge >= 0.3 is 5.97 Å². The summed E-state index contributed by atoms with van der Waals surface area (Å²) in [5.41, 5.74) is 0. The summed E-state index contributed by atoms with van der Waals surface area (Å²) in [4.78, 5) is 21.7. The van der Waals surface area contributed by atoms with Crippen LogP contribution in [0.4, 0.5) is 4.39 Å². The molecule has 76 valence electrons. The van der Waals surface area contributed by atoms with Crippen LogP contribution in [-0.4, -0.2) is 24.5 Å². The van der Waals surface area contributed by atoms with Gasteiger partial charge in [0.15, 0.2) is 12.0 Å². The first-order valence-electron chi connectivity index (χ1n) is 4.44. The summed E-state index contributed by atoms with van der Waals surface area (Å²) < 4.78 is 17.3. The lowest BCUT2D eigenvalue weighted by molar-refractivity contribution is -0.147. The smallest absolute Gasteiger partial charge is 0.313 e. The van der Waals surface area contributed by atoms with E-state index in [9.17, 15) is 14.0 Å². The van der Waals surface area contributed by atoms with Crippen molar-refractivity contribution in [3.8, 4) is 0 Å². The maximum absolute atomic E-state index is 12.7. The van der Waals surface area contributed by atoms with E-state index in [-0.39, 0.29) is 13.0 Å². The molecule has 0 aliphatic rings. The lowest BCUT2D eigenvalue weighted by atomic mass is 10.1. The number of alkyl halides is 1. The fraction of sp³-hybridized carbons (Fsp3) is 0.778. The van der Waals surface area contributed by atoms with Gasteiger partial charge in [-0.1, -0.05) is 13.8 Å². The van der Waals surface area contributed by atoms with Crippen LogP contribution in [0.5, 0.6) is 0 Å². The van der Waals surface area contributed by atoms with Gasteiger partial charge in [-0.25, -0.2) is 4.39 Å². The van der Waals surface area contributed by atoms with Crippen LogP contribution in [0.15, 0.2) is 0 Å². The number of Topliss-reactive ketones (excluding diaryl/α,β-unsaturated/α-hetero) is 1. The van der Waals surface area contributed by atoms with Crippen LogP contribution in [0.25, 0.3) is 0 Å². The fourth-order valence-corrected chi connectivity index (χ4v) is 0.748. The molecule has 1 unspecified atom stereocenters. The molecule has 0 heterocycles. The Bertz CT molecular complexity index is 180. The zero-order chi connectivity index (χ0) is 10.3. The highest BCUT2D eigenvalue weighted by Crippen LogP contribution is 2.02. The highest BCUT2D eigenvalue weighted by Gasteiger charge is 2.18. The lowest BCUT2D eigenvalue weighted by Gasteiger charge is -2.04. The molecule has 0 spiro atoms. The van der Waals surface area contributed by atoms with Crippen molar-refractivity contribution >= 4 is 11.8 Å². The second-order valence-corrected chi connectivity index (χ2v) is 2.74. The summed E-state index contributed by atoms with van der Waals surface area (Å²) in [6.07, 6.45) is -1.17. The molecule has 0 radical (unpaired) electrons. The van der Waals surface area contributed by atoms with Gasteiger partial charge in [0.25, 0.3) is 0 Å². The van der Waals surface area contributed by atoms with Gasteiger partial charge in [-0.05, 0) is 12.8 Å². The summed E-state index contributed by atoms with van der Waals surface area (Å²) in [5.74, 6) is -1.33. The summed E-state index contributed by atoms with van der Waals surface area (Å²) in [6.45, 7) is 3.69. The molecule has 4 heteroatoms. The molecule has 0 aromatic carbocycles. The number of carbonyl (C=O) groups excluding carboxylic acids is 2. The third-order valence-corrected chi connectivity index (χ3v) is 1.49. The van der Waals surface area contributed by atoms with E-state index < -0.39 is 24.3 Å². The molecule has 3 nitrogen and oxygen atoms in total. The highest BCUT2D eigenvalue weighted by atomic mass is 19.1. The number of esters is 1. The minimum atomic E-state index is -1.53. The maximum atomic E-state index is 12.7. The third kappa shape index (κ3) is 5.33. The third-order valence-electron chi connectivity index (χ3n) is 1.49. The molecule has 0 saturated heterocycles. The zero-order valence-corrected chi connectivity index (χ0v) is 8.01. The Morgan fingerprint density at radius 1 is 1.38 bits per heavy atom. The van der Waals surface area contributed by atoms with E-state index in [0.717, 1.165) is 0 Å². The number of halogens is 1. The van der Waals surface area contributed by atoms with Gasteiger partial charge in [-0.15, -0.1) is 0 Å². The molecule has 0 bridgehead atoms. The number of hydrogen-bond donors (Lipinski definition) is 0. The topological polar surface area (TPSA) is 43.4 Å². The molecule has 0 rings (SSSR count). The lowest BCUT2D eigenvalue weighted by Crippen LogP contribution is -2.20. The van der Waals surface area contributed by atoms with Crippen LogP contribution in [-0.2, 0) is 14.3 Å². The number of ketones is 1. The molecular formula is C9H15FO3. The Balaban J connectivity index is 3.71. The Morgan fingerprint density at radius 3 is 2.46 bits per heavy atom. The van der Waals surface area contributed by atoms with Crippen LogP contribution in [0.3, 0.4) is 0 Å². The van der Waals surface area contributed by atoms with Crippen molar-refractivity contribution in [3.63, 3.8) is 0 Å². The summed E-state index contributed by atoms with van der Waals surface area (Å²) in [5, 5.41) is 0. The minimum Gasteiger partial charge on any atom is -0.465 e. The predicted molar refractivity (Wildman–Crippen MR) is 46.1 cm³/mol. The van der Waals surface area contributed by atoms with Gasteiger partial charge in [0.05, 0.1) is 6.61 Å². The first-order chi connectivity index (χ1) is 6.11. The summed E-state index contributed by atoms with van der Waals surface area (Å²) in [7, 11) is 0. The summed E-state index contributed by atoms with van der Waals surface area (Å²) in [6, 6.07) is 0. The van der Waals surface area contributed by atoms with Crippen molar-refractivity contribution in [1.82, 2.24) is 0 Å². The van der Waals surface area contributed by atoms with Gasteiger partial charge < -0.3 is 4.74 Å². The SMILES string of the molecule is CCCOC(=O)CC(=O)C(F)CC. The Labute approximate surface area is 77.3 Å². The number of rotatable bonds is 6. The first kappa shape index (κ1) is 12.1. The average molecular weight is 190 g/mol. The normalized spacial score (nSPS) is 12.2. The van der Waals surface area contributed by atoms with E-state index >= 15 is 0 Å². The van der Waals surface area contributed by atoms with E-state index in [1.807, 2.05) is 6.92 Å². The van der Waals surface area contributed by atoms with Crippen LogP contribution in [0.1, 0.15) is 33.1 Å². The molecule has 0 aromatic heterocycles. The van der Waals surface area contributed by atoms with Crippen LogP contribution in [0.2, 0.25) is 0 Å². The van der Waals surface area contributed by atoms with Crippen molar-refractivity contribution in [2.45, 2.75) is 39.3 Å². The highest BCUT2D eigenvalue weighted by molar-refractivity contribution is 5.97. The molecular weight excluding hydrogens is 175 g/mol. The summed E-state index contributed by atoms with van der Waals surface area (Å²) >= 11 is 0. The van der Waals surface area contributed by atoms with E-state index in [0.29, 0.717) is 6.42 Å². The quantitative estimate of drug-likeness (QED) is 0.472. The van der Waals surface area contributed by atoms with Gasteiger partial charge in [-0.2, -0.15) is 0 Å². The molecule has 0 aromatic rings. The Hall–Kier alpha value is -0.930. The van der Waals surface area contributed by atoms with Gasteiger partial charge in [0, 0.05) is 0 Å². The standard InChI is InChI=1S/C9H15FO3/c1-3-5-13-9(12)6-8(11)7(10)4-2/h7H,3-6H2,1-2H3. The van der Waals surface area contributed by atoms with Crippen LogP contribution in [0, 0.1) is 0 Å². The van der Waals surface area contributed by atoms with Crippen molar-refractivity contribution in [2.24, 2.45) is 0 Å². The first-order valence-corrected chi connectivity index (χ1v) is 4.44. The maximum Gasteiger partial charge on any atom is 0.313 e. The second-order valence-electron chi connectivity index (χ2n) is 2.74. The minimum absolute atomic E-state index is 0.111. The monoisotopic (exact) mass is 190 g/mol. The van der Waals surface area contributed by atoms with Gasteiger partial charge in [0.1, 0.15) is 6.42 Å². The number of carbonyl (C=O) groups is 2. The number of ether oxygens (including phenoxy) is 1. The largest absolute Gasteiger partial charge is 0.465 e. The van der Waals surface area contributed by atoms with Crippen LogP contribution >= 0.6 is 0 Å². The predicted octanol–water partition coefficient (Wildman–Crippen LogP) is 1.65. The molecule has 13 heavy (non-hydrogen) atoms. The van der Waals surface area contributed by atoms with E-state index in [2.05, 4.69) is 4.74 Å². The van der Waals surface area contributed by atoms with Crippen molar-refractivity contribution in [1.29, 1.82) is 0 Å².